The molecule has 1 aromatic carbocycles. The number of carbonyl (C=O) groups excluding carboxylic acids is 1. The van der Waals surface area contributed by atoms with Crippen LogP contribution in [0, 0.1) is 0 Å². The zero-order valence-electron chi connectivity index (χ0n) is 13.6. The van der Waals surface area contributed by atoms with Crippen LogP contribution in [0.25, 0.3) is 0 Å². The quantitative estimate of drug-likeness (QED) is 0.774. The molecule has 2 aliphatic rings. The summed E-state index contributed by atoms with van der Waals surface area (Å²) in [5.41, 5.74) is 2.14. The van der Waals surface area contributed by atoms with Gasteiger partial charge in [0.15, 0.2) is 5.78 Å². The van der Waals surface area contributed by atoms with E-state index in [9.17, 15) is 4.79 Å². The number of nitrogens with zero attached hydrogens (tertiary/aromatic N) is 2. The third-order valence-corrected chi connectivity index (χ3v) is 5.01. The Labute approximate surface area is 134 Å². The van der Waals surface area contributed by atoms with E-state index in [1.165, 1.54) is 57.3 Å². The molecule has 0 radical (unpaired) electrons. The fourth-order valence-electron chi connectivity index (χ4n) is 3.60. The fraction of sp³-hybridized carbons (Fsp3) is 0.632. The second-order valence-corrected chi connectivity index (χ2v) is 6.67. The molecule has 0 atom stereocenters. The Hall–Kier alpha value is -1.35. The minimum absolute atomic E-state index is 0.288. The van der Waals surface area contributed by atoms with Gasteiger partial charge in [-0.1, -0.05) is 6.42 Å². The number of Topliss-reactive ketones (excluding diaryl/α,β-unsaturated/α-hetero) is 1. The van der Waals surface area contributed by atoms with Crippen molar-refractivity contribution in [3.63, 3.8) is 0 Å². The first-order valence-electron chi connectivity index (χ1n) is 8.93. The molecule has 120 valence electrons. The summed E-state index contributed by atoms with van der Waals surface area (Å²) in [5, 5.41) is 0. The fourth-order valence-corrected chi connectivity index (χ4v) is 3.60. The van der Waals surface area contributed by atoms with Crippen LogP contribution in [-0.2, 0) is 0 Å². The second kappa shape index (κ2) is 7.77. The molecule has 3 rings (SSSR count). The minimum Gasteiger partial charge on any atom is -0.372 e. The monoisotopic (exact) mass is 300 g/mol. The van der Waals surface area contributed by atoms with Crippen molar-refractivity contribution in [3.05, 3.63) is 29.8 Å². The van der Waals surface area contributed by atoms with Crippen molar-refractivity contribution in [2.24, 2.45) is 0 Å². The number of hydrogen-bond donors (Lipinski definition) is 0. The standard InChI is InChI=1S/C19H28N2O/c22-19(11-16-20-12-3-1-4-13-20)17-7-9-18(10-8-17)21-14-5-2-6-15-21/h7-10H,1-6,11-16H2. The van der Waals surface area contributed by atoms with Crippen LogP contribution < -0.4 is 4.90 Å². The molecule has 0 aliphatic carbocycles. The smallest absolute Gasteiger partial charge is 0.164 e. The number of benzene rings is 1. The zero-order chi connectivity index (χ0) is 15.2. The molecule has 2 heterocycles. The lowest BCUT2D eigenvalue weighted by atomic mass is 10.1. The largest absolute Gasteiger partial charge is 0.372 e. The summed E-state index contributed by atoms with van der Waals surface area (Å²) in [5.74, 6) is 0.288. The molecule has 2 saturated heterocycles. The molecule has 2 fully saturated rings. The van der Waals surface area contributed by atoms with E-state index in [4.69, 9.17) is 0 Å². The maximum Gasteiger partial charge on any atom is 0.164 e. The van der Waals surface area contributed by atoms with Gasteiger partial charge in [-0.25, -0.2) is 0 Å². The van der Waals surface area contributed by atoms with Crippen molar-refractivity contribution in [1.29, 1.82) is 0 Å². The normalized spacial score (nSPS) is 20.1. The van der Waals surface area contributed by atoms with Crippen molar-refractivity contribution in [3.8, 4) is 0 Å². The third kappa shape index (κ3) is 4.10. The van der Waals surface area contributed by atoms with Gasteiger partial charge in [-0.05, 0) is 69.5 Å². The number of carbonyl (C=O) groups is 1. The first-order chi connectivity index (χ1) is 10.8. The highest BCUT2D eigenvalue weighted by Crippen LogP contribution is 2.20. The number of likely N-dealkylation sites (tertiary alicyclic amines) is 1. The van der Waals surface area contributed by atoms with Crippen LogP contribution in [0.3, 0.4) is 0 Å². The van der Waals surface area contributed by atoms with Crippen LogP contribution in [0.1, 0.15) is 55.3 Å². The van der Waals surface area contributed by atoms with Gasteiger partial charge in [-0.3, -0.25) is 4.79 Å². The number of hydrogen-bond acceptors (Lipinski definition) is 3. The van der Waals surface area contributed by atoms with Gasteiger partial charge >= 0.3 is 0 Å². The van der Waals surface area contributed by atoms with E-state index in [0.29, 0.717) is 6.42 Å². The summed E-state index contributed by atoms with van der Waals surface area (Å²) in [7, 11) is 0. The van der Waals surface area contributed by atoms with E-state index >= 15 is 0 Å². The summed E-state index contributed by atoms with van der Waals surface area (Å²) in [6, 6.07) is 8.28. The van der Waals surface area contributed by atoms with Crippen molar-refractivity contribution in [2.45, 2.75) is 44.9 Å². The molecule has 0 bridgehead atoms. The Bertz CT molecular complexity index is 471. The van der Waals surface area contributed by atoms with E-state index in [-0.39, 0.29) is 5.78 Å². The molecule has 0 unspecified atom stereocenters. The number of anilines is 1. The zero-order valence-corrected chi connectivity index (χ0v) is 13.6. The lowest BCUT2D eigenvalue weighted by molar-refractivity contribution is 0.0958. The highest BCUT2D eigenvalue weighted by atomic mass is 16.1. The minimum atomic E-state index is 0.288. The predicted octanol–water partition coefficient (Wildman–Crippen LogP) is 3.74. The molecular weight excluding hydrogens is 272 g/mol. The molecule has 2 aliphatic heterocycles. The Morgan fingerprint density at radius 3 is 2.05 bits per heavy atom. The maximum absolute atomic E-state index is 12.3. The van der Waals surface area contributed by atoms with Crippen LogP contribution in [0.4, 0.5) is 5.69 Å². The van der Waals surface area contributed by atoms with Crippen LogP contribution >= 0.6 is 0 Å². The molecule has 0 N–H and O–H groups in total. The molecule has 22 heavy (non-hydrogen) atoms. The Morgan fingerprint density at radius 1 is 0.818 bits per heavy atom. The van der Waals surface area contributed by atoms with E-state index in [0.717, 1.165) is 25.2 Å². The van der Waals surface area contributed by atoms with Gasteiger partial charge in [-0.2, -0.15) is 0 Å². The molecule has 0 amide bonds. The summed E-state index contributed by atoms with van der Waals surface area (Å²) in [4.78, 5) is 17.2. The topological polar surface area (TPSA) is 23.6 Å². The van der Waals surface area contributed by atoms with Crippen LogP contribution in [0.2, 0.25) is 0 Å². The van der Waals surface area contributed by atoms with Gasteiger partial charge in [0.2, 0.25) is 0 Å². The highest BCUT2D eigenvalue weighted by molar-refractivity contribution is 5.96. The van der Waals surface area contributed by atoms with E-state index in [1.54, 1.807) is 0 Å². The van der Waals surface area contributed by atoms with Crippen molar-refractivity contribution in [1.82, 2.24) is 4.90 Å². The molecule has 0 aromatic heterocycles. The Balaban J connectivity index is 1.51. The maximum atomic E-state index is 12.3. The summed E-state index contributed by atoms with van der Waals surface area (Å²) < 4.78 is 0. The van der Waals surface area contributed by atoms with Gasteiger partial charge in [-0.15, -0.1) is 0 Å². The van der Waals surface area contributed by atoms with Crippen molar-refractivity contribution in [2.75, 3.05) is 37.6 Å². The number of rotatable bonds is 5. The van der Waals surface area contributed by atoms with Crippen LogP contribution in [-0.4, -0.2) is 43.4 Å². The van der Waals surface area contributed by atoms with Crippen LogP contribution in [0.15, 0.2) is 24.3 Å². The van der Waals surface area contributed by atoms with Crippen LogP contribution in [0.5, 0.6) is 0 Å². The molecule has 0 saturated carbocycles. The lowest BCUT2D eigenvalue weighted by Gasteiger charge is -2.29. The van der Waals surface area contributed by atoms with Gasteiger partial charge in [0, 0.05) is 37.3 Å². The van der Waals surface area contributed by atoms with E-state index in [1.807, 2.05) is 12.1 Å². The summed E-state index contributed by atoms with van der Waals surface area (Å²) in [6.07, 6.45) is 8.51. The Morgan fingerprint density at radius 2 is 1.41 bits per heavy atom. The third-order valence-electron chi connectivity index (χ3n) is 5.01. The van der Waals surface area contributed by atoms with Gasteiger partial charge in [0.1, 0.15) is 0 Å². The molecule has 0 spiro atoms. The summed E-state index contributed by atoms with van der Waals surface area (Å²) in [6.45, 7) is 5.57. The van der Waals surface area contributed by atoms with E-state index < -0.39 is 0 Å². The highest BCUT2D eigenvalue weighted by Gasteiger charge is 2.14. The average molecular weight is 300 g/mol. The molecule has 3 heteroatoms. The first kappa shape index (κ1) is 15.5. The van der Waals surface area contributed by atoms with E-state index in [2.05, 4.69) is 21.9 Å². The second-order valence-electron chi connectivity index (χ2n) is 6.67. The predicted molar refractivity (Wildman–Crippen MR) is 91.7 cm³/mol. The summed E-state index contributed by atoms with van der Waals surface area (Å²) >= 11 is 0. The molecular formula is C19H28N2O. The van der Waals surface area contributed by atoms with Gasteiger partial charge < -0.3 is 9.80 Å². The van der Waals surface area contributed by atoms with Gasteiger partial charge in [0.25, 0.3) is 0 Å². The molecule has 1 aromatic rings. The number of ketones is 1. The van der Waals surface area contributed by atoms with Gasteiger partial charge in [0.05, 0.1) is 0 Å². The average Bonchev–Trinajstić information content (AvgIpc) is 2.61. The first-order valence-corrected chi connectivity index (χ1v) is 8.93. The lowest BCUT2D eigenvalue weighted by Crippen LogP contribution is -2.31. The van der Waals surface area contributed by atoms with Crippen molar-refractivity contribution < 1.29 is 4.79 Å². The number of piperidine rings is 2. The van der Waals surface area contributed by atoms with Crippen molar-refractivity contribution >= 4 is 11.5 Å². The Kier molecular flexibility index (Phi) is 5.49. The molecule has 3 nitrogen and oxygen atoms in total. The SMILES string of the molecule is O=C(CCN1CCCCC1)c1ccc(N2CCCCC2)cc1.